The van der Waals surface area contributed by atoms with Crippen LogP contribution in [0, 0.1) is 0 Å². The van der Waals surface area contributed by atoms with Gasteiger partial charge >= 0.3 is 0 Å². The lowest BCUT2D eigenvalue weighted by atomic mass is 10.1. The molecule has 0 spiro atoms. The maximum atomic E-state index is 12.6. The molecule has 0 saturated carbocycles. The number of aromatic hydroxyl groups is 1. The number of rotatable bonds is 8. The molecule has 2 rings (SSSR count). The summed E-state index contributed by atoms with van der Waals surface area (Å²) in [6, 6.07) is 5.77. The lowest BCUT2D eigenvalue weighted by Crippen LogP contribution is -2.38. The van der Waals surface area contributed by atoms with Crippen LogP contribution in [0.3, 0.4) is 0 Å². The van der Waals surface area contributed by atoms with Crippen molar-refractivity contribution >= 4 is 15.7 Å². The molecular weight excluding hydrogens is 340 g/mol. The van der Waals surface area contributed by atoms with Gasteiger partial charge in [-0.3, -0.25) is 0 Å². The lowest BCUT2D eigenvalue weighted by Gasteiger charge is -2.27. The summed E-state index contributed by atoms with van der Waals surface area (Å²) in [5.41, 5.74) is 0.907. The van der Waals surface area contributed by atoms with Gasteiger partial charge in [0, 0.05) is 25.9 Å². The fraction of sp³-hybridized carbons (Fsp3) is 0.611. The second-order valence-electron chi connectivity index (χ2n) is 6.47. The molecule has 1 saturated heterocycles. The van der Waals surface area contributed by atoms with Crippen LogP contribution in [0.5, 0.6) is 5.75 Å². The van der Waals surface area contributed by atoms with Crippen LogP contribution in [-0.2, 0) is 14.9 Å². The molecule has 0 bridgehead atoms. The molecule has 6 nitrogen and oxygen atoms in total. The first kappa shape index (κ1) is 19.7. The van der Waals surface area contributed by atoms with E-state index >= 15 is 0 Å². The molecule has 1 aromatic rings. The molecule has 25 heavy (non-hydrogen) atoms. The van der Waals surface area contributed by atoms with Crippen LogP contribution in [0.15, 0.2) is 34.3 Å². The van der Waals surface area contributed by atoms with E-state index in [-0.39, 0.29) is 16.7 Å². The number of phenols is 1. The largest absolute Gasteiger partial charge is 0.508 e. The number of hydrogen-bond donors (Lipinski definition) is 1. The van der Waals surface area contributed by atoms with Crippen LogP contribution in [0.25, 0.3) is 0 Å². The van der Waals surface area contributed by atoms with Crippen molar-refractivity contribution in [3.8, 4) is 5.75 Å². The third-order valence-electron chi connectivity index (χ3n) is 4.33. The van der Waals surface area contributed by atoms with Gasteiger partial charge in [0.1, 0.15) is 11.9 Å². The Morgan fingerprint density at radius 1 is 1.28 bits per heavy atom. The molecule has 1 aromatic carbocycles. The minimum atomic E-state index is -3.58. The van der Waals surface area contributed by atoms with E-state index in [1.807, 2.05) is 6.92 Å². The number of hydrogen-bond acceptors (Lipinski definition) is 5. The van der Waals surface area contributed by atoms with Crippen molar-refractivity contribution in [3.63, 3.8) is 0 Å². The Hall–Kier alpha value is -1.60. The number of unbranched alkanes of at least 4 members (excludes halogenated alkanes) is 2. The van der Waals surface area contributed by atoms with Crippen LogP contribution in [0.4, 0.5) is 0 Å². The second kappa shape index (κ2) is 9.20. The van der Waals surface area contributed by atoms with Gasteiger partial charge in [-0.1, -0.05) is 31.0 Å². The minimum absolute atomic E-state index is 0.0502. The van der Waals surface area contributed by atoms with Crippen molar-refractivity contribution < 1.29 is 18.4 Å². The summed E-state index contributed by atoms with van der Waals surface area (Å²) in [5.74, 6) is -0.0502. The number of piperidine rings is 1. The van der Waals surface area contributed by atoms with Crippen LogP contribution in [0.2, 0.25) is 0 Å². The molecule has 0 radical (unpaired) electrons. The monoisotopic (exact) mass is 368 g/mol. The van der Waals surface area contributed by atoms with Crippen LogP contribution < -0.4 is 0 Å². The molecular formula is C18H28N2O4S. The first-order valence-corrected chi connectivity index (χ1v) is 10.4. The molecule has 1 fully saturated rings. The van der Waals surface area contributed by atoms with Crippen molar-refractivity contribution in [2.24, 2.45) is 5.16 Å². The SMILES string of the molecule is CCCCCC(C)ON=C1CCN(S(=O)(=O)c2cccc(O)c2)CC1. The van der Waals surface area contributed by atoms with E-state index in [1.54, 1.807) is 0 Å². The van der Waals surface area contributed by atoms with Gasteiger partial charge in [-0.05, 0) is 38.0 Å². The Balaban J connectivity index is 1.87. The van der Waals surface area contributed by atoms with E-state index in [2.05, 4.69) is 12.1 Å². The summed E-state index contributed by atoms with van der Waals surface area (Å²) in [4.78, 5) is 5.66. The number of sulfonamides is 1. The van der Waals surface area contributed by atoms with Gasteiger partial charge in [-0.25, -0.2) is 8.42 Å². The predicted molar refractivity (Wildman–Crippen MR) is 98.2 cm³/mol. The van der Waals surface area contributed by atoms with Crippen LogP contribution in [0.1, 0.15) is 52.4 Å². The lowest BCUT2D eigenvalue weighted by molar-refractivity contribution is 0.0630. The Morgan fingerprint density at radius 2 is 2.00 bits per heavy atom. The zero-order chi connectivity index (χ0) is 18.3. The molecule has 140 valence electrons. The number of oxime groups is 1. The first-order valence-electron chi connectivity index (χ1n) is 8.94. The predicted octanol–water partition coefficient (Wildman–Crippen LogP) is 3.52. The third kappa shape index (κ3) is 5.71. The molecule has 0 aliphatic carbocycles. The first-order chi connectivity index (χ1) is 11.9. The van der Waals surface area contributed by atoms with E-state index < -0.39 is 10.0 Å². The number of phenolic OH excluding ortho intramolecular Hbond substituents is 1. The van der Waals surface area contributed by atoms with Crippen molar-refractivity contribution in [2.75, 3.05) is 13.1 Å². The number of nitrogens with zero attached hydrogens (tertiary/aromatic N) is 2. The zero-order valence-electron chi connectivity index (χ0n) is 15.0. The summed E-state index contributed by atoms with van der Waals surface area (Å²) in [5, 5.41) is 13.7. The van der Waals surface area contributed by atoms with Crippen LogP contribution >= 0.6 is 0 Å². The standard InChI is InChI=1S/C18H28N2O4S/c1-3-4-5-7-15(2)24-19-16-10-12-20(13-11-16)25(22,23)18-9-6-8-17(21)14-18/h6,8-9,14-15,21H,3-5,7,10-13H2,1-2H3. The highest BCUT2D eigenvalue weighted by molar-refractivity contribution is 7.89. The van der Waals surface area contributed by atoms with E-state index in [1.165, 1.54) is 41.4 Å². The maximum Gasteiger partial charge on any atom is 0.243 e. The van der Waals surface area contributed by atoms with Gasteiger partial charge in [0.25, 0.3) is 0 Å². The van der Waals surface area contributed by atoms with Gasteiger partial charge < -0.3 is 9.94 Å². The summed E-state index contributed by atoms with van der Waals surface area (Å²) in [6.07, 6.45) is 5.74. The maximum absolute atomic E-state index is 12.6. The Bertz CT molecular complexity index is 678. The average Bonchev–Trinajstić information content (AvgIpc) is 2.60. The fourth-order valence-electron chi connectivity index (χ4n) is 2.77. The summed E-state index contributed by atoms with van der Waals surface area (Å²) in [7, 11) is -3.58. The van der Waals surface area contributed by atoms with Crippen molar-refractivity contribution in [3.05, 3.63) is 24.3 Å². The molecule has 7 heteroatoms. The van der Waals surface area contributed by atoms with Crippen molar-refractivity contribution in [1.29, 1.82) is 0 Å². The van der Waals surface area contributed by atoms with Gasteiger partial charge in [0.05, 0.1) is 10.6 Å². The Kier molecular flexibility index (Phi) is 7.25. The van der Waals surface area contributed by atoms with Gasteiger partial charge in [0.15, 0.2) is 0 Å². The summed E-state index contributed by atoms with van der Waals surface area (Å²) < 4.78 is 26.6. The molecule has 0 aromatic heterocycles. The number of benzene rings is 1. The highest BCUT2D eigenvalue weighted by Gasteiger charge is 2.28. The minimum Gasteiger partial charge on any atom is -0.508 e. The summed E-state index contributed by atoms with van der Waals surface area (Å²) in [6.45, 7) is 4.94. The molecule has 1 unspecified atom stereocenters. The van der Waals surface area contributed by atoms with E-state index in [9.17, 15) is 13.5 Å². The Labute approximate surface area is 150 Å². The van der Waals surface area contributed by atoms with Gasteiger partial charge in [0.2, 0.25) is 10.0 Å². The molecule has 1 N–H and O–H groups in total. The highest BCUT2D eigenvalue weighted by atomic mass is 32.2. The summed E-state index contributed by atoms with van der Waals surface area (Å²) >= 11 is 0. The van der Waals surface area contributed by atoms with Crippen molar-refractivity contribution in [1.82, 2.24) is 4.31 Å². The second-order valence-corrected chi connectivity index (χ2v) is 8.41. The highest BCUT2D eigenvalue weighted by Crippen LogP contribution is 2.22. The average molecular weight is 368 g/mol. The van der Waals surface area contributed by atoms with Gasteiger partial charge in [-0.2, -0.15) is 4.31 Å². The zero-order valence-corrected chi connectivity index (χ0v) is 15.8. The molecule has 1 heterocycles. The van der Waals surface area contributed by atoms with E-state index in [0.717, 1.165) is 18.6 Å². The topological polar surface area (TPSA) is 79.2 Å². The molecule has 1 atom stereocenters. The van der Waals surface area contributed by atoms with Crippen LogP contribution in [-0.4, -0.2) is 42.7 Å². The quantitative estimate of drug-likeness (QED) is 0.562. The fourth-order valence-corrected chi connectivity index (χ4v) is 4.25. The van der Waals surface area contributed by atoms with Gasteiger partial charge in [-0.15, -0.1) is 0 Å². The van der Waals surface area contributed by atoms with Crippen molar-refractivity contribution in [2.45, 2.75) is 63.4 Å². The third-order valence-corrected chi connectivity index (χ3v) is 6.23. The molecule has 1 aliphatic rings. The van der Waals surface area contributed by atoms with E-state index in [0.29, 0.717) is 25.9 Å². The molecule has 0 amide bonds. The molecule has 1 aliphatic heterocycles. The Morgan fingerprint density at radius 3 is 2.64 bits per heavy atom. The smallest absolute Gasteiger partial charge is 0.243 e. The van der Waals surface area contributed by atoms with E-state index in [4.69, 9.17) is 4.84 Å². The normalized spacial score (nSPS) is 17.3.